The Morgan fingerprint density at radius 2 is 1.88 bits per heavy atom. The Morgan fingerprint density at radius 3 is 2.25 bits per heavy atom. The Labute approximate surface area is 101 Å². The van der Waals surface area contributed by atoms with Crippen LogP contribution in [0.2, 0.25) is 0 Å². The van der Waals surface area contributed by atoms with Crippen molar-refractivity contribution in [2.45, 2.75) is 72.4 Å². The average molecular weight is 228 g/mol. The fraction of sp³-hybridized carbons (Fsp3) is 0.923. The zero-order chi connectivity index (χ0) is 12.8. The number of nitrogens with one attached hydrogen (secondary N) is 1. The van der Waals surface area contributed by atoms with Crippen molar-refractivity contribution in [1.29, 1.82) is 0 Å². The van der Waals surface area contributed by atoms with Gasteiger partial charge in [-0.1, -0.05) is 20.3 Å². The summed E-state index contributed by atoms with van der Waals surface area (Å²) in [7, 11) is 0. The molecule has 0 spiro atoms. The van der Waals surface area contributed by atoms with Crippen molar-refractivity contribution in [3.63, 3.8) is 0 Å². The second-order valence-corrected chi connectivity index (χ2v) is 5.48. The molecule has 0 radical (unpaired) electrons. The third kappa shape index (κ3) is 5.99. The molecule has 3 heteroatoms. The first kappa shape index (κ1) is 15.3. The van der Waals surface area contributed by atoms with Gasteiger partial charge in [-0.3, -0.25) is 0 Å². The number of carbonyl (C=O) groups excluding carboxylic acids is 1. The second-order valence-electron chi connectivity index (χ2n) is 5.48. The summed E-state index contributed by atoms with van der Waals surface area (Å²) in [5, 5.41) is 3.03. The van der Waals surface area contributed by atoms with E-state index in [1.165, 1.54) is 0 Å². The maximum absolute atomic E-state index is 12.1. The first-order chi connectivity index (χ1) is 7.31. The Kier molecular flexibility index (Phi) is 6.46. The first-order valence-corrected chi connectivity index (χ1v) is 6.40. The van der Waals surface area contributed by atoms with E-state index in [9.17, 15) is 4.79 Å². The van der Waals surface area contributed by atoms with Crippen molar-refractivity contribution in [2.24, 2.45) is 0 Å². The van der Waals surface area contributed by atoms with Crippen LogP contribution in [0.5, 0.6) is 0 Å². The molecule has 1 atom stereocenters. The number of amides is 2. The molecule has 0 aliphatic heterocycles. The Hall–Kier alpha value is -0.730. The first-order valence-electron chi connectivity index (χ1n) is 6.40. The van der Waals surface area contributed by atoms with Gasteiger partial charge in [-0.05, 0) is 40.5 Å². The standard InChI is InChI=1S/C13H28N2O/c1-7-9-10-15(11(3)8-2)12(16)14-13(4,5)6/h11H,7-10H2,1-6H3,(H,14,16). The van der Waals surface area contributed by atoms with Crippen LogP contribution >= 0.6 is 0 Å². The molecule has 3 nitrogen and oxygen atoms in total. The van der Waals surface area contributed by atoms with Crippen LogP contribution in [-0.2, 0) is 0 Å². The summed E-state index contributed by atoms with van der Waals surface area (Å²) in [5.41, 5.74) is -0.158. The molecule has 0 aliphatic rings. The molecular weight excluding hydrogens is 200 g/mol. The number of carbonyl (C=O) groups is 1. The summed E-state index contributed by atoms with van der Waals surface area (Å²) >= 11 is 0. The highest BCUT2D eigenvalue weighted by molar-refractivity contribution is 5.75. The van der Waals surface area contributed by atoms with Crippen LogP contribution in [0.15, 0.2) is 0 Å². The number of hydrogen-bond acceptors (Lipinski definition) is 1. The minimum absolute atomic E-state index is 0.0651. The summed E-state index contributed by atoms with van der Waals surface area (Å²) in [6.07, 6.45) is 3.19. The molecule has 0 saturated heterocycles. The van der Waals surface area contributed by atoms with Crippen LogP contribution in [0.4, 0.5) is 4.79 Å². The number of hydrogen-bond donors (Lipinski definition) is 1. The second kappa shape index (κ2) is 6.77. The van der Waals surface area contributed by atoms with E-state index in [4.69, 9.17) is 0 Å². The Morgan fingerprint density at radius 1 is 1.31 bits per heavy atom. The minimum atomic E-state index is -0.158. The Bertz CT molecular complexity index is 208. The molecule has 0 rings (SSSR count). The number of rotatable bonds is 5. The van der Waals surface area contributed by atoms with Crippen molar-refractivity contribution in [3.05, 3.63) is 0 Å². The topological polar surface area (TPSA) is 32.3 Å². The largest absolute Gasteiger partial charge is 0.333 e. The smallest absolute Gasteiger partial charge is 0.318 e. The molecule has 2 amide bonds. The highest BCUT2D eigenvalue weighted by atomic mass is 16.2. The quantitative estimate of drug-likeness (QED) is 0.768. The summed E-state index contributed by atoms with van der Waals surface area (Å²) in [6.45, 7) is 13.3. The van der Waals surface area contributed by atoms with Gasteiger partial charge in [0.05, 0.1) is 0 Å². The maximum Gasteiger partial charge on any atom is 0.318 e. The van der Waals surface area contributed by atoms with Gasteiger partial charge in [0.2, 0.25) is 0 Å². The predicted molar refractivity (Wildman–Crippen MR) is 69.7 cm³/mol. The molecule has 0 aromatic rings. The van der Waals surface area contributed by atoms with Gasteiger partial charge in [0.25, 0.3) is 0 Å². The molecule has 0 aromatic carbocycles. The lowest BCUT2D eigenvalue weighted by molar-refractivity contribution is 0.167. The SMILES string of the molecule is CCCCN(C(=O)NC(C)(C)C)C(C)CC. The summed E-state index contributed by atoms with van der Waals surface area (Å²) in [4.78, 5) is 14.0. The monoisotopic (exact) mass is 228 g/mol. The number of urea groups is 1. The van der Waals surface area contributed by atoms with Crippen LogP contribution in [-0.4, -0.2) is 29.1 Å². The molecule has 0 aliphatic carbocycles. The molecule has 96 valence electrons. The zero-order valence-corrected chi connectivity index (χ0v) is 11.8. The Balaban J connectivity index is 4.43. The van der Waals surface area contributed by atoms with E-state index in [1.54, 1.807) is 0 Å². The average Bonchev–Trinajstić information content (AvgIpc) is 2.15. The highest BCUT2D eigenvalue weighted by Gasteiger charge is 2.22. The van der Waals surface area contributed by atoms with Gasteiger partial charge in [-0.25, -0.2) is 4.79 Å². The van der Waals surface area contributed by atoms with Crippen LogP contribution in [0.3, 0.4) is 0 Å². The molecule has 0 saturated carbocycles. The zero-order valence-electron chi connectivity index (χ0n) is 11.8. The molecule has 0 heterocycles. The molecular formula is C13H28N2O. The van der Waals surface area contributed by atoms with E-state index in [0.29, 0.717) is 6.04 Å². The summed E-state index contributed by atoms with van der Waals surface area (Å²) in [5.74, 6) is 0. The summed E-state index contributed by atoms with van der Waals surface area (Å²) in [6, 6.07) is 0.379. The van der Waals surface area contributed by atoms with Crippen molar-refractivity contribution >= 4 is 6.03 Å². The molecule has 1 N–H and O–H groups in total. The van der Waals surface area contributed by atoms with Crippen molar-refractivity contribution in [1.82, 2.24) is 10.2 Å². The van der Waals surface area contributed by atoms with Gasteiger partial charge < -0.3 is 10.2 Å². The van der Waals surface area contributed by atoms with E-state index >= 15 is 0 Å². The van der Waals surface area contributed by atoms with Crippen molar-refractivity contribution in [2.75, 3.05) is 6.54 Å². The van der Waals surface area contributed by atoms with Crippen LogP contribution in [0, 0.1) is 0 Å². The van der Waals surface area contributed by atoms with E-state index in [1.807, 2.05) is 25.7 Å². The van der Waals surface area contributed by atoms with E-state index in [2.05, 4.69) is 26.1 Å². The molecule has 0 fully saturated rings. The fourth-order valence-electron chi connectivity index (χ4n) is 1.46. The van der Waals surface area contributed by atoms with Crippen LogP contribution < -0.4 is 5.32 Å². The minimum Gasteiger partial charge on any atom is -0.333 e. The lowest BCUT2D eigenvalue weighted by Crippen LogP contribution is -2.51. The number of unbranched alkanes of at least 4 members (excludes halogenated alkanes) is 1. The maximum atomic E-state index is 12.1. The normalized spacial score (nSPS) is 13.4. The van der Waals surface area contributed by atoms with E-state index in [-0.39, 0.29) is 11.6 Å². The van der Waals surface area contributed by atoms with Gasteiger partial charge in [0.1, 0.15) is 0 Å². The van der Waals surface area contributed by atoms with E-state index in [0.717, 1.165) is 25.8 Å². The van der Waals surface area contributed by atoms with Gasteiger partial charge in [0, 0.05) is 18.1 Å². The third-order valence-corrected chi connectivity index (χ3v) is 2.62. The lowest BCUT2D eigenvalue weighted by atomic mass is 10.1. The van der Waals surface area contributed by atoms with Crippen LogP contribution in [0.1, 0.15) is 60.8 Å². The fourth-order valence-corrected chi connectivity index (χ4v) is 1.46. The van der Waals surface area contributed by atoms with Gasteiger partial charge in [-0.15, -0.1) is 0 Å². The van der Waals surface area contributed by atoms with Crippen LogP contribution in [0.25, 0.3) is 0 Å². The lowest BCUT2D eigenvalue weighted by Gasteiger charge is -2.32. The summed E-state index contributed by atoms with van der Waals surface area (Å²) < 4.78 is 0. The molecule has 0 aromatic heterocycles. The van der Waals surface area contributed by atoms with Gasteiger partial charge >= 0.3 is 6.03 Å². The van der Waals surface area contributed by atoms with Gasteiger partial charge in [-0.2, -0.15) is 0 Å². The highest BCUT2D eigenvalue weighted by Crippen LogP contribution is 2.08. The number of nitrogens with zero attached hydrogens (tertiary/aromatic N) is 1. The molecule has 0 bridgehead atoms. The predicted octanol–water partition coefficient (Wildman–Crippen LogP) is 3.40. The molecule has 16 heavy (non-hydrogen) atoms. The molecule has 1 unspecified atom stereocenters. The van der Waals surface area contributed by atoms with Gasteiger partial charge in [0.15, 0.2) is 0 Å². The van der Waals surface area contributed by atoms with Crippen molar-refractivity contribution < 1.29 is 4.79 Å². The van der Waals surface area contributed by atoms with Crippen molar-refractivity contribution in [3.8, 4) is 0 Å². The van der Waals surface area contributed by atoms with E-state index < -0.39 is 0 Å². The third-order valence-electron chi connectivity index (χ3n) is 2.62.